The molecule has 49 heavy (non-hydrogen) atoms. The van der Waals surface area contributed by atoms with Crippen LogP contribution < -0.4 is 0 Å². The summed E-state index contributed by atoms with van der Waals surface area (Å²) >= 11 is 0. The number of rotatable bonds is 0. The molecule has 296 valence electrons. The van der Waals surface area contributed by atoms with Crippen molar-refractivity contribution in [2.45, 2.75) is 179 Å². The highest BCUT2D eigenvalue weighted by Gasteiger charge is 2.47. The Morgan fingerprint density at radius 1 is 0.469 bits per heavy atom. The van der Waals surface area contributed by atoms with Gasteiger partial charge in [0.25, 0.3) is 0 Å². The van der Waals surface area contributed by atoms with Crippen molar-refractivity contribution in [1.29, 1.82) is 0 Å². The molecule has 9 heteroatoms. The molecule has 0 heterocycles. The van der Waals surface area contributed by atoms with Gasteiger partial charge in [0.1, 0.15) is 0 Å². The first-order chi connectivity index (χ1) is 22.7. The summed E-state index contributed by atoms with van der Waals surface area (Å²) in [4.78, 5) is 0. The second-order valence-corrected chi connectivity index (χ2v) is 17.7. The monoisotopic (exact) mass is 727 g/mol. The zero-order valence-electron chi connectivity index (χ0n) is 34.9. The summed E-state index contributed by atoms with van der Waals surface area (Å²) in [7, 11) is 0. The van der Waals surface area contributed by atoms with Crippen molar-refractivity contribution in [1.82, 2.24) is 0 Å². The van der Waals surface area contributed by atoms with Crippen molar-refractivity contribution in [3.8, 4) is 0 Å². The number of halogens is 9. The smallest absolute Gasteiger partial charge is 0.171 e. The van der Waals surface area contributed by atoms with Crippen LogP contribution in [-0.4, -0.2) is 18.5 Å². The molecule has 4 aliphatic carbocycles. The summed E-state index contributed by atoms with van der Waals surface area (Å²) in [5.41, 5.74) is -0.229. The number of alkyl halides is 9. The third-order valence-corrected chi connectivity index (χ3v) is 11.9. The maximum Gasteiger partial charge on any atom is 0.392 e. The van der Waals surface area contributed by atoms with E-state index in [9.17, 15) is 39.5 Å². The molecule has 0 aliphatic heterocycles. The highest BCUT2D eigenvalue weighted by atomic mass is 19.4. The van der Waals surface area contributed by atoms with Crippen LogP contribution in [0.1, 0.15) is 163 Å². The van der Waals surface area contributed by atoms with E-state index in [1.165, 1.54) is 12.8 Å². The number of hydrogen-bond acceptors (Lipinski definition) is 0. The fourth-order valence-corrected chi connectivity index (χ4v) is 7.89. The van der Waals surface area contributed by atoms with Crippen LogP contribution >= 0.6 is 0 Å². The average Bonchev–Trinajstić information content (AvgIpc) is 3.43. The lowest BCUT2D eigenvalue weighted by molar-refractivity contribution is -0.199. The van der Waals surface area contributed by atoms with Crippen LogP contribution in [0.5, 0.6) is 0 Å². The SMILES string of the molecule is CC1CC(C)C(C(F)(F)F)C1.CC1CC(C)CC(C(F)(F)F)C1.CC1CCC(C)C1C.CC1CCCC(C(F)(F)F)C1C.[2H]C([2H])(C)C(C)(C)C. The minimum Gasteiger partial charge on any atom is -0.171 e. The summed E-state index contributed by atoms with van der Waals surface area (Å²) in [6.07, 6.45) is -5.39. The third-order valence-electron chi connectivity index (χ3n) is 11.9. The molecule has 0 saturated heterocycles. The highest BCUT2D eigenvalue weighted by molar-refractivity contribution is 4.84. The Kier molecular flexibility index (Phi) is 18.7. The van der Waals surface area contributed by atoms with E-state index in [4.69, 9.17) is 2.74 Å². The molecule has 0 N–H and O–H groups in total. The lowest BCUT2D eigenvalue weighted by Gasteiger charge is -2.35. The van der Waals surface area contributed by atoms with Crippen LogP contribution in [0.2, 0.25) is 0 Å². The predicted molar refractivity (Wildman–Crippen MR) is 187 cm³/mol. The second kappa shape index (κ2) is 20.6. The van der Waals surface area contributed by atoms with Gasteiger partial charge in [0.05, 0.1) is 17.8 Å². The predicted octanol–water partition coefficient (Wildman–Crippen LogP) is 15.6. The van der Waals surface area contributed by atoms with Gasteiger partial charge < -0.3 is 0 Å². The summed E-state index contributed by atoms with van der Waals surface area (Å²) in [6, 6.07) is 0. The van der Waals surface area contributed by atoms with E-state index < -0.39 is 42.7 Å². The quantitative estimate of drug-likeness (QED) is 0.218. The molecule has 0 nitrogen and oxygen atoms in total. The van der Waals surface area contributed by atoms with Crippen molar-refractivity contribution in [2.75, 3.05) is 0 Å². The van der Waals surface area contributed by atoms with Crippen LogP contribution in [0, 0.1) is 76.4 Å². The van der Waals surface area contributed by atoms with E-state index in [2.05, 4.69) is 20.8 Å². The molecule has 0 radical (unpaired) electrons. The Balaban J connectivity index is 0.000000620. The van der Waals surface area contributed by atoms with Crippen LogP contribution in [0.3, 0.4) is 0 Å². The van der Waals surface area contributed by atoms with Gasteiger partial charge in [-0.05, 0) is 97.2 Å². The molecule has 4 saturated carbocycles. The Bertz CT molecular complexity index is 916. The molecule has 4 fully saturated rings. The van der Waals surface area contributed by atoms with Crippen molar-refractivity contribution in [3.63, 3.8) is 0 Å². The minimum absolute atomic E-state index is 0.176. The standard InChI is InChI=1S/2C9H15F3.C8H13F3.C8H16.C6H14/c1-6-3-7(2)5-8(4-6)9(10,11)12;1-6-4-3-5-8(7(6)2)9(10,11)12;1-5-3-6(2)7(4-5)8(9,10)11;1-6-4-5-7(2)8(6)3;1-5-6(2,3)4/h2*6-8H,3-5H2,1-2H3;5-7H,3-4H2,1-2H3;6-8H,4-5H2,1-3H3;5H2,1-4H3/i;;;;5D2. The van der Waals surface area contributed by atoms with Gasteiger partial charge in [-0.15, -0.1) is 0 Å². The molecular formula is C40H73F9. The fourth-order valence-electron chi connectivity index (χ4n) is 7.89. The van der Waals surface area contributed by atoms with E-state index in [-0.39, 0.29) is 40.9 Å². The normalized spacial score (nSPS) is 37.8. The molecule has 10 unspecified atom stereocenters. The van der Waals surface area contributed by atoms with E-state index >= 15 is 0 Å². The van der Waals surface area contributed by atoms with Gasteiger partial charge in [-0.1, -0.05) is 122 Å². The molecule has 0 amide bonds. The van der Waals surface area contributed by atoms with Crippen molar-refractivity contribution in [2.24, 2.45) is 76.4 Å². The Morgan fingerprint density at radius 3 is 1.10 bits per heavy atom. The van der Waals surface area contributed by atoms with Crippen molar-refractivity contribution >= 4 is 0 Å². The highest BCUT2D eigenvalue weighted by Crippen LogP contribution is 2.46. The summed E-state index contributed by atoms with van der Waals surface area (Å²) in [5, 5.41) is 0. The van der Waals surface area contributed by atoms with E-state index in [0.29, 0.717) is 25.7 Å². The first kappa shape index (κ1) is 44.5. The molecule has 4 rings (SSSR count). The third kappa shape index (κ3) is 19.1. The van der Waals surface area contributed by atoms with Crippen molar-refractivity contribution < 1.29 is 42.3 Å². The maximum absolute atomic E-state index is 12.4. The van der Waals surface area contributed by atoms with E-state index in [1.54, 1.807) is 20.8 Å². The number of hydrogen-bond donors (Lipinski definition) is 0. The minimum atomic E-state index is -3.98. The van der Waals surface area contributed by atoms with Gasteiger partial charge in [0, 0.05) is 2.74 Å². The van der Waals surface area contributed by atoms with Gasteiger partial charge in [-0.25, -0.2) is 0 Å². The second-order valence-electron chi connectivity index (χ2n) is 17.7. The Morgan fingerprint density at radius 2 is 0.857 bits per heavy atom. The Labute approximate surface area is 297 Å². The van der Waals surface area contributed by atoms with Gasteiger partial charge in [0.2, 0.25) is 0 Å². The molecule has 0 aromatic rings. The van der Waals surface area contributed by atoms with Crippen molar-refractivity contribution in [3.05, 3.63) is 0 Å². The zero-order valence-corrected chi connectivity index (χ0v) is 32.9. The molecule has 4 aliphatic rings. The van der Waals surface area contributed by atoms with Gasteiger partial charge in [-0.2, -0.15) is 39.5 Å². The molecule has 0 aromatic carbocycles. The lowest BCUT2D eigenvalue weighted by atomic mass is 9.73. The van der Waals surface area contributed by atoms with Gasteiger partial charge in [0.15, 0.2) is 0 Å². The first-order valence-electron chi connectivity index (χ1n) is 19.9. The molecule has 0 bridgehead atoms. The van der Waals surface area contributed by atoms with Crippen LogP contribution in [0.15, 0.2) is 0 Å². The lowest BCUT2D eigenvalue weighted by Crippen LogP contribution is -2.35. The Hall–Kier alpha value is -0.630. The maximum atomic E-state index is 12.4. The molecular weight excluding hydrogens is 651 g/mol. The largest absolute Gasteiger partial charge is 0.392 e. The summed E-state index contributed by atoms with van der Waals surface area (Å²) in [6.45, 7) is 25.5. The van der Waals surface area contributed by atoms with Crippen LogP contribution in [-0.2, 0) is 0 Å². The first-order valence-corrected chi connectivity index (χ1v) is 18.9. The van der Waals surface area contributed by atoms with Crippen LogP contribution in [0.4, 0.5) is 39.5 Å². The topological polar surface area (TPSA) is 0 Å². The summed E-state index contributed by atoms with van der Waals surface area (Å²) < 4.78 is 125. The van der Waals surface area contributed by atoms with E-state index in [0.717, 1.165) is 43.4 Å². The average molecular weight is 727 g/mol. The zero-order chi connectivity index (χ0) is 40.5. The summed E-state index contributed by atoms with van der Waals surface area (Å²) in [5.74, 6) is 0.395. The van der Waals surface area contributed by atoms with Gasteiger partial charge >= 0.3 is 18.5 Å². The fraction of sp³-hybridized carbons (Fsp3) is 1.00. The molecule has 10 atom stereocenters. The van der Waals surface area contributed by atoms with E-state index in [1.807, 2.05) is 48.5 Å². The molecule has 0 spiro atoms. The van der Waals surface area contributed by atoms with Gasteiger partial charge in [-0.3, -0.25) is 0 Å². The van der Waals surface area contributed by atoms with Crippen LogP contribution in [0.25, 0.3) is 0 Å². The molecule has 0 aromatic heterocycles.